The van der Waals surface area contributed by atoms with Crippen LogP contribution >= 0.6 is 11.8 Å². The summed E-state index contributed by atoms with van der Waals surface area (Å²) in [6.07, 6.45) is 9.18. The summed E-state index contributed by atoms with van der Waals surface area (Å²) >= 11 is 2.08. The molecule has 0 spiro atoms. The number of nitrogens with one attached hydrogen (secondary N) is 1. The van der Waals surface area contributed by atoms with E-state index in [2.05, 4.69) is 49.0 Å². The van der Waals surface area contributed by atoms with Gasteiger partial charge in [-0.1, -0.05) is 20.8 Å². The van der Waals surface area contributed by atoms with Crippen molar-refractivity contribution in [1.29, 1.82) is 0 Å². The van der Waals surface area contributed by atoms with Gasteiger partial charge in [-0.15, -0.1) is 0 Å². The van der Waals surface area contributed by atoms with Gasteiger partial charge in [0.2, 0.25) is 0 Å². The Labute approximate surface area is 124 Å². The molecule has 1 N–H and O–H groups in total. The highest BCUT2D eigenvalue weighted by atomic mass is 32.2. The van der Waals surface area contributed by atoms with E-state index in [1.54, 1.807) is 0 Å². The predicted molar refractivity (Wildman–Crippen MR) is 87.0 cm³/mol. The first kappa shape index (κ1) is 15.7. The van der Waals surface area contributed by atoms with Crippen LogP contribution in [0.15, 0.2) is 0 Å². The summed E-state index contributed by atoms with van der Waals surface area (Å²) in [5.41, 5.74) is 0. The average Bonchev–Trinajstić information content (AvgIpc) is 2.86. The highest BCUT2D eigenvalue weighted by molar-refractivity contribution is 7.99. The molecule has 4 unspecified atom stereocenters. The molecule has 2 nitrogen and oxygen atoms in total. The summed E-state index contributed by atoms with van der Waals surface area (Å²) in [6.45, 7) is 9.52. The first-order chi connectivity index (χ1) is 9.13. The van der Waals surface area contributed by atoms with Crippen LogP contribution in [0, 0.1) is 5.92 Å². The van der Waals surface area contributed by atoms with Gasteiger partial charge in [0.25, 0.3) is 0 Å². The van der Waals surface area contributed by atoms with E-state index in [0.717, 1.165) is 29.3 Å². The molecule has 0 aromatic heterocycles. The Morgan fingerprint density at radius 3 is 2.68 bits per heavy atom. The third kappa shape index (κ3) is 4.12. The van der Waals surface area contributed by atoms with Gasteiger partial charge in [0, 0.05) is 36.5 Å². The zero-order chi connectivity index (χ0) is 13.8. The van der Waals surface area contributed by atoms with Gasteiger partial charge >= 0.3 is 0 Å². The van der Waals surface area contributed by atoms with Crippen LogP contribution in [0.25, 0.3) is 0 Å². The molecule has 112 valence electrons. The van der Waals surface area contributed by atoms with Gasteiger partial charge in [-0.05, 0) is 44.3 Å². The minimum Gasteiger partial charge on any atom is -0.311 e. The molecule has 0 aromatic rings. The highest BCUT2D eigenvalue weighted by Gasteiger charge is 2.35. The fraction of sp³-hybridized carbons (Fsp3) is 1.00. The summed E-state index contributed by atoms with van der Waals surface area (Å²) in [7, 11) is 0. The Bertz CT molecular complexity index is 269. The zero-order valence-corrected chi connectivity index (χ0v) is 14.0. The molecular formula is C16H32N2S. The van der Waals surface area contributed by atoms with Crippen molar-refractivity contribution in [3.63, 3.8) is 0 Å². The van der Waals surface area contributed by atoms with Crippen LogP contribution in [0.2, 0.25) is 0 Å². The summed E-state index contributed by atoms with van der Waals surface area (Å²) in [5, 5.41) is 4.70. The van der Waals surface area contributed by atoms with Gasteiger partial charge in [-0.25, -0.2) is 0 Å². The molecule has 19 heavy (non-hydrogen) atoms. The van der Waals surface area contributed by atoms with Gasteiger partial charge in [0.1, 0.15) is 0 Å². The first-order valence-corrected chi connectivity index (χ1v) is 9.44. The van der Waals surface area contributed by atoms with E-state index in [0.29, 0.717) is 0 Å². The highest BCUT2D eigenvalue weighted by Crippen LogP contribution is 2.33. The maximum Gasteiger partial charge on any atom is 0.0221 e. The summed E-state index contributed by atoms with van der Waals surface area (Å²) in [6, 6.07) is 2.35. The van der Waals surface area contributed by atoms with Gasteiger partial charge in [0.15, 0.2) is 0 Å². The fourth-order valence-corrected chi connectivity index (χ4v) is 4.66. The van der Waals surface area contributed by atoms with Gasteiger partial charge in [-0.3, -0.25) is 4.90 Å². The lowest BCUT2D eigenvalue weighted by Gasteiger charge is -2.44. The van der Waals surface area contributed by atoms with Crippen LogP contribution in [-0.4, -0.2) is 47.6 Å². The van der Waals surface area contributed by atoms with Crippen LogP contribution < -0.4 is 5.32 Å². The Morgan fingerprint density at radius 1 is 1.32 bits per heavy atom. The van der Waals surface area contributed by atoms with Crippen molar-refractivity contribution in [3.05, 3.63) is 0 Å². The molecule has 1 saturated heterocycles. The van der Waals surface area contributed by atoms with Gasteiger partial charge in [0.05, 0.1) is 0 Å². The third-order valence-corrected chi connectivity index (χ3v) is 6.02. The SMILES string of the molecule is CCC1CNC(CC(C)C)CN1C1CCC(SC)C1. The summed E-state index contributed by atoms with van der Waals surface area (Å²) < 4.78 is 0. The molecule has 0 aromatic carbocycles. The first-order valence-electron chi connectivity index (χ1n) is 8.15. The van der Waals surface area contributed by atoms with E-state index in [4.69, 9.17) is 0 Å². The predicted octanol–water partition coefficient (Wildman–Crippen LogP) is 3.37. The molecule has 3 heteroatoms. The summed E-state index contributed by atoms with van der Waals surface area (Å²) in [4.78, 5) is 2.86. The Balaban J connectivity index is 1.94. The van der Waals surface area contributed by atoms with Crippen molar-refractivity contribution in [2.24, 2.45) is 5.92 Å². The number of hydrogen-bond donors (Lipinski definition) is 1. The number of hydrogen-bond acceptors (Lipinski definition) is 3. The fourth-order valence-electron chi connectivity index (χ4n) is 3.87. The molecule has 4 atom stereocenters. The molecule has 0 bridgehead atoms. The Kier molecular flexibility index (Phi) is 6.04. The second-order valence-electron chi connectivity index (χ2n) is 6.82. The molecule has 2 fully saturated rings. The van der Waals surface area contributed by atoms with E-state index in [9.17, 15) is 0 Å². The molecule has 1 saturated carbocycles. The quantitative estimate of drug-likeness (QED) is 0.833. The van der Waals surface area contributed by atoms with Gasteiger partial charge in [-0.2, -0.15) is 11.8 Å². The Morgan fingerprint density at radius 2 is 2.11 bits per heavy atom. The lowest BCUT2D eigenvalue weighted by atomic mass is 9.97. The normalized spacial score (nSPS) is 37.1. The second-order valence-corrected chi connectivity index (χ2v) is 7.96. The zero-order valence-electron chi connectivity index (χ0n) is 13.2. The summed E-state index contributed by atoms with van der Waals surface area (Å²) in [5.74, 6) is 0.806. The average molecular weight is 285 g/mol. The molecule has 2 aliphatic rings. The van der Waals surface area contributed by atoms with E-state index >= 15 is 0 Å². The van der Waals surface area contributed by atoms with Crippen LogP contribution in [-0.2, 0) is 0 Å². The molecule has 1 heterocycles. The maximum atomic E-state index is 3.78. The van der Waals surface area contributed by atoms with E-state index < -0.39 is 0 Å². The largest absolute Gasteiger partial charge is 0.311 e. The Hall–Kier alpha value is 0.270. The monoisotopic (exact) mass is 284 g/mol. The van der Waals surface area contributed by atoms with Crippen molar-refractivity contribution in [1.82, 2.24) is 10.2 Å². The van der Waals surface area contributed by atoms with Gasteiger partial charge < -0.3 is 5.32 Å². The molecule has 1 aliphatic carbocycles. The number of thioether (sulfide) groups is 1. The van der Waals surface area contributed by atoms with Crippen LogP contribution in [0.3, 0.4) is 0 Å². The lowest BCUT2D eigenvalue weighted by molar-refractivity contribution is 0.0757. The van der Waals surface area contributed by atoms with Crippen molar-refractivity contribution < 1.29 is 0 Å². The molecule has 0 amide bonds. The molecule has 1 aliphatic heterocycles. The van der Waals surface area contributed by atoms with Crippen LogP contribution in [0.5, 0.6) is 0 Å². The molecule has 0 radical (unpaired) electrons. The minimum absolute atomic E-state index is 0.719. The van der Waals surface area contributed by atoms with E-state index in [1.165, 1.54) is 45.2 Å². The lowest BCUT2D eigenvalue weighted by Crippen LogP contribution is -2.59. The second kappa shape index (κ2) is 7.33. The van der Waals surface area contributed by atoms with Crippen molar-refractivity contribution in [3.8, 4) is 0 Å². The number of rotatable bonds is 5. The number of piperazine rings is 1. The number of nitrogens with zero attached hydrogens (tertiary/aromatic N) is 1. The molecule has 2 rings (SSSR count). The van der Waals surface area contributed by atoms with Crippen molar-refractivity contribution >= 4 is 11.8 Å². The minimum atomic E-state index is 0.719. The topological polar surface area (TPSA) is 15.3 Å². The maximum absolute atomic E-state index is 3.78. The van der Waals surface area contributed by atoms with Crippen LogP contribution in [0.4, 0.5) is 0 Å². The van der Waals surface area contributed by atoms with E-state index in [-0.39, 0.29) is 0 Å². The standard InChI is InChI=1S/C16H32N2S/c1-5-14-10-17-13(8-12(2)3)11-18(14)15-6-7-16(9-15)19-4/h12-17H,5-11H2,1-4H3. The van der Waals surface area contributed by atoms with Crippen molar-refractivity contribution in [2.75, 3.05) is 19.3 Å². The molecular weight excluding hydrogens is 252 g/mol. The van der Waals surface area contributed by atoms with Crippen LogP contribution in [0.1, 0.15) is 52.9 Å². The van der Waals surface area contributed by atoms with E-state index in [1.807, 2.05) is 0 Å². The van der Waals surface area contributed by atoms with Crippen molar-refractivity contribution in [2.45, 2.75) is 76.3 Å². The third-order valence-electron chi connectivity index (χ3n) is 4.93. The smallest absolute Gasteiger partial charge is 0.0221 e.